The lowest BCUT2D eigenvalue weighted by Crippen LogP contribution is -2.36. The van der Waals surface area contributed by atoms with E-state index >= 15 is 0 Å². The average Bonchev–Trinajstić information content (AvgIpc) is 3.02. The van der Waals surface area contributed by atoms with Crippen LogP contribution in [0.5, 0.6) is 11.5 Å². The molecule has 2 aromatic carbocycles. The number of urea groups is 1. The molecule has 0 radical (unpaired) electrons. The largest absolute Gasteiger partial charge is 0.493 e. The third kappa shape index (κ3) is 5.00. The Kier molecular flexibility index (Phi) is 6.11. The molecule has 4 amide bonds. The molecular weight excluding hydrogens is 362 g/mol. The molecule has 1 fully saturated rings. The molecule has 28 heavy (non-hydrogen) atoms. The van der Waals surface area contributed by atoms with Crippen LogP contribution in [0.15, 0.2) is 48.5 Å². The molecule has 8 heteroatoms. The molecule has 3 N–H and O–H groups in total. The van der Waals surface area contributed by atoms with Gasteiger partial charge in [-0.3, -0.25) is 14.9 Å². The number of hydrogen-bond acceptors (Lipinski definition) is 5. The van der Waals surface area contributed by atoms with Gasteiger partial charge in [0.05, 0.1) is 13.5 Å². The number of carbonyl (C=O) groups is 3. The van der Waals surface area contributed by atoms with Crippen LogP contribution in [0.2, 0.25) is 0 Å². The van der Waals surface area contributed by atoms with Crippen molar-refractivity contribution in [1.82, 2.24) is 16.0 Å². The molecule has 0 unspecified atom stereocenters. The van der Waals surface area contributed by atoms with Crippen LogP contribution >= 0.6 is 0 Å². The second-order valence-corrected chi connectivity index (χ2v) is 6.26. The van der Waals surface area contributed by atoms with Gasteiger partial charge < -0.3 is 20.1 Å². The first kappa shape index (κ1) is 19.2. The molecule has 1 aliphatic heterocycles. The maximum atomic E-state index is 12.0. The third-order valence-electron chi connectivity index (χ3n) is 4.20. The Hall–Kier alpha value is -3.55. The topological polar surface area (TPSA) is 106 Å². The predicted molar refractivity (Wildman–Crippen MR) is 101 cm³/mol. The summed E-state index contributed by atoms with van der Waals surface area (Å²) in [5.74, 6) is 0.323. The number of carbonyl (C=O) groups excluding carboxylic acids is 3. The van der Waals surface area contributed by atoms with Crippen LogP contribution in [0.1, 0.15) is 17.5 Å². The number of hydrogen-bond donors (Lipinski definition) is 3. The number of benzene rings is 2. The average molecular weight is 383 g/mol. The van der Waals surface area contributed by atoms with Gasteiger partial charge in [0.2, 0.25) is 5.91 Å². The molecule has 0 aromatic heterocycles. The second-order valence-electron chi connectivity index (χ2n) is 6.26. The van der Waals surface area contributed by atoms with Crippen molar-refractivity contribution in [2.45, 2.75) is 25.6 Å². The van der Waals surface area contributed by atoms with E-state index in [2.05, 4.69) is 16.0 Å². The molecule has 1 atom stereocenters. The molecule has 0 aliphatic carbocycles. The fraction of sp³-hybridized carbons (Fsp3) is 0.250. The highest BCUT2D eigenvalue weighted by Gasteiger charge is 2.31. The molecule has 0 bridgehead atoms. The van der Waals surface area contributed by atoms with E-state index in [4.69, 9.17) is 9.47 Å². The molecule has 0 saturated carbocycles. The first-order valence-corrected chi connectivity index (χ1v) is 8.77. The van der Waals surface area contributed by atoms with E-state index in [1.165, 1.54) is 0 Å². The van der Waals surface area contributed by atoms with Crippen molar-refractivity contribution in [3.8, 4) is 11.5 Å². The molecule has 1 heterocycles. The number of methoxy groups -OCH3 is 1. The maximum absolute atomic E-state index is 12.0. The lowest BCUT2D eigenvalue weighted by atomic mass is 10.1. The Labute approximate surface area is 162 Å². The summed E-state index contributed by atoms with van der Waals surface area (Å²) in [4.78, 5) is 34.6. The van der Waals surface area contributed by atoms with Gasteiger partial charge >= 0.3 is 6.03 Å². The number of ether oxygens (including phenoxy) is 2. The first-order chi connectivity index (χ1) is 13.5. The van der Waals surface area contributed by atoms with Gasteiger partial charge in [0.25, 0.3) is 5.91 Å². The zero-order valence-corrected chi connectivity index (χ0v) is 15.4. The molecule has 1 saturated heterocycles. The van der Waals surface area contributed by atoms with Gasteiger partial charge in [-0.1, -0.05) is 36.4 Å². The highest BCUT2D eigenvalue weighted by molar-refractivity contribution is 6.05. The van der Waals surface area contributed by atoms with Crippen molar-refractivity contribution >= 4 is 17.8 Å². The van der Waals surface area contributed by atoms with Crippen molar-refractivity contribution in [1.29, 1.82) is 0 Å². The van der Waals surface area contributed by atoms with Crippen LogP contribution in [0.4, 0.5) is 4.79 Å². The summed E-state index contributed by atoms with van der Waals surface area (Å²) in [6, 6.07) is 13.8. The van der Waals surface area contributed by atoms with Crippen LogP contribution in [0.3, 0.4) is 0 Å². The van der Waals surface area contributed by atoms with Crippen LogP contribution in [0, 0.1) is 0 Å². The van der Waals surface area contributed by atoms with E-state index < -0.39 is 18.0 Å². The summed E-state index contributed by atoms with van der Waals surface area (Å²) in [6.45, 7) is 0.679. The van der Waals surface area contributed by atoms with Crippen molar-refractivity contribution in [3.63, 3.8) is 0 Å². The molecule has 0 spiro atoms. The molecular formula is C20H21N3O5. The van der Waals surface area contributed by atoms with E-state index in [1.807, 2.05) is 36.4 Å². The predicted octanol–water partition coefficient (Wildman–Crippen LogP) is 1.49. The summed E-state index contributed by atoms with van der Waals surface area (Å²) in [7, 11) is 1.55. The molecule has 146 valence electrons. The number of amides is 4. The molecule has 2 aromatic rings. The standard InChI is InChI=1S/C20H21N3O5/c1-27-17-9-14(7-8-16(17)28-12-13-5-3-2-4-6-13)11-21-18(24)10-15-19(25)23-20(26)22-15/h2-9,15H,10-12H2,1H3,(H,21,24)(H2,22,23,25,26)/t15-/m0/s1. The van der Waals surface area contributed by atoms with Crippen molar-refractivity contribution < 1.29 is 23.9 Å². The Balaban J connectivity index is 1.53. The van der Waals surface area contributed by atoms with Crippen LogP contribution in [-0.4, -0.2) is 31.0 Å². The lowest BCUT2D eigenvalue weighted by molar-refractivity contribution is -0.126. The zero-order valence-electron chi connectivity index (χ0n) is 15.4. The van der Waals surface area contributed by atoms with E-state index in [0.29, 0.717) is 18.1 Å². The van der Waals surface area contributed by atoms with E-state index in [0.717, 1.165) is 11.1 Å². The minimum Gasteiger partial charge on any atom is -0.493 e. The van der Waals surface area contributed by atoms with Gasteiger partial charge in [-0.05, 0) is 23.3 Å². The Morgan fingerprint density at radius 3 is 2.54 bits per heavy atom. The van der Waals surface area contributed by atoms with E-state index in [9.17, 15) is 14.4 Å². The highest BCUT2D eigenvalue weighted by atomic mass is 16.5. The van der Waals surface area contributed by atoms with Gasteiger partial charge in [0.15, 0.2) is 11.5 Å². The Bertz CT molecular complexity index is 869. The highest BCUT2D eigenvalue weighted by Crippen LogP contribution is 2.28. The number of nitrogens with one attached hydrogen (secondary N) is 3. The van der Waals surface area contributed by atoms with Crippen LogP contribution in [0.25, 0.3) is 0 Å². The molecule has 8 nitrogen and oxygen atoms in total. The summed E-state index contributed by atoms with van der Waals surface area (Å²) in [5, 5.41) is 7.20. The summed E-state index contributed by atoms with van der Waals surface area (Å²) < 4.78 is 11.2. The summed E-state index contributed by atoms with van der Waals surface area (Å²) in [6.07, 6.45) is -0.118. The zero-order chi connectivity index (χ0) is 19.9. The fourth-order valence-electron chi connectivity index (χ4n) is 2.74. The van der Waals surface area contributed by atoms with E-state index in [1.54, 1.807) is 19.2 Å². The minimum atomic E-state index is -0.837. The van der Waals surface area contributed by atoms with Crippen molar-refractivity contribution in [2.24, 2.45) is 0 Å². The van der Waals surface area contributed by atoms with Gasteiger partial charge in [-0.25, -0.2) is 4.79 Å². The summed E-state index contributed by atoms with van der Waals surface area (Å²) >= 11 is 0. The van der Waals surface area contributed by atoms with Crippen molar-refractivity contribution in [2.75, 3.05) is 7.11 Å². The van der Waals surface area contributed by atoms with Crippen molar-refractivity contribution in [3.05, 3.63) is 59.7 Å². The van der Waals surface area contributed by atoms with E-state index in [-0.39, 0.29) is 18.9 Å². The summed E-state index contributed by atoms with van der Waals surface area (Å²) in [5.41, 5.74) is 1.86. The fourth-order valence-corrected chi connectivity index (χ4v) is 2.74. The van der Waals surface area contributed by atoms with Crippen LogP contribution < -0.4 is 25.4 Å². The minimum absolute atomic E-state index is 0.118. The smallest absolute Gasteiger partial charge is 0.322 e. The quantitative estimate of drug-likeness (QED) is 0.599. The molecule has 3 rings (SSSR count). The van der Waals surface area contributed by atoms with Gasteiger partial charge in [-0.2, -0.15) is 0 Å². The lowest BCUT2D eigenvalue weighted by Gasteiger charge is -2.13. The third-order valence-corrected chi connectivity index (χ3v) is 4.20. The Morgan fingerprint density at radius 1 is 1.07 bits per heavy atom. The SMILES string of the molecule is COc1cc(CNC(=O)C[C@@H]2NC(=O)NC2=O)ccc1OCc1ccccc1. The molecule has 1 aliphatic rings. The maximum Gasteiger partial charge on any atom is 0.322 e. The normalized spacial score (nSPS) is 15.5. The second kappa shape index (κ2) is 8.90. The monoisotopic (exact) mass is 383 g/mol. The number of rotatable bonds is 8. The van der Waals surface area contributed by atoms with Gasteiger partial charge in [0, 0.05) is 6.54 Å². The first-order valence-electron chi connectivity index (χ1n) is 8.77. The van der Waals surface area contributed by atoms with Gasteiger partial charge in [-0.15, -0.1) is 0 Å². The van der Waals surface area contributed by atoms with Crippen LogP contribution in [-0.2, 0) is 22.7 Å². The van der Waals surface area contributed by atoms with Gasteiger partial charge in [0.1, 0.15) is 12.6 Å². The number of imide groups is 1. The Morgan fingerprint density at radius 2 is 1.86 bits per heavy atom.